The maximum Gasteiger partial charge on any atom is 0.269 e. The number of benzene rings is 2. The zero-order valence-electron chi connectivity index (χ0n) is 18.2. The number of ether oxygens (including phenoxy) is 1. The van der Waals surface area contributed by atoms with Gasteiger partial charge in [0, 0.05) is 23.2 Å². The van der Waals surface area contributed by atoms with E-state index >= 15 is 0 Å². The topological polar surface area (TPSA) is 109 Å². The summed E-state index contributed by atoms with van der Waals surface area (Å²) in [6.45, 7) is 4.53. The number of amides is 3. The smallest absolute Gasteiger partial charge is 0.269 e. The third-order valence-corrected chi connectivity index (χ3v) is 4.61. The number of carbonyl (C=O) groups excluding carboxylic acids is 3. The number of hydrogen-bond acceptors (Lipinski definition) is 5. The molecule has 0 heterocycles. The lowest BCUT2D eigenvalue weighted by molar-refractivity contribution is -0.115. The molecule has 0 bridgehead atoms. The van der Waals surface area contributed by atoms with Gasteiger partial charge in [0.15, 0.2) is 5.11 Å². The highest BCUT2D eigenvalue weighted by Gasteiger charge is 2.10. The maximum absolute atomic E-state index is 12.3. The van der Waals surface area contributed by atoms with E-state index in [1.807, 2.05) is 0 Å². The molecule has 0 fully saturated rings. The summed E-state index contributed by atoms with van der Waals surface area (Å²) < 4.78 is 5.62. The minimum atomic E-state index is -0.445. The molecule has 0 saturated carbocycles. The van der Waals surface area contributed by atoms with E-state index in [0.29, 0.717) is 35.6 Å². The minimum absolute atomic E-state index is 0.0462. The molecule has 3 amide bonds. The second-order valence-electron chi connectivity index (χ2n) is 6.92. The van der Waals surface area contributed by atoms with E-state index in [0.717, 1.165) is 19.3 Å². The van der Waals surface area contributed by atoms with Crippen LogP contribution in [0.5, 0.6) is 5.75 Å². The van der Waals surface area contributed by atoms with Gasteiger partial charge in [-0.25, -0.2) is 0 Å². The molecule has 0 aliphatic heterocycles. The first-order chi connectivity index (χ1) is 15.4. The van der Waals surface area contributed by atoms with Crippen molar-refractivity contribution in [1.29, 1.82) is 0 Å². The molecule has 32 heavy (non-hydrogen) atoms. The van der Waals surface area contributed by atoms with Crippen molar-refractivity contribution < 1.29 is 19.1 Å². The molecule has 0 radical (unpaired) electrons. The van der Waals surface area contributed by atoms with Gasteiger partial charge in [0.2, 0.25) is 5.91 Å². The predicted molar refractivity (Wildman–Crippen MR) is 127 cm³/mol. The van der Waals surface area contributed by atoms with E-state index in [1.54, 1.807) is 55.5 Å². The van der Waals surface area contributed by atoms with E-state index in [1.165, 1.54) is 0 Å². The average molecular weight is 457 g/mol. The summed E-state index contributed by atoms with van der Waals surface area (Å²) in [4.78, 5) is 35.9. The molecule has 0 spiro atoms. The average Bonchev–Trinajstić information content (AvgIpc) is 2.81. The predicted octanol–water partition coefficient (Wildman–Crippen LogP) is 3.55. The summed E-state index contributed by atoms with van der Waals surface area (Å²) >= 11 is 5.06. The highest BCUT2D eigenvalue weighted by Crippen LogP contribution is 2.13. The van der Waals surface area contributed by atoms with Crippen LogP contribution in [0.3, 0.4) is 0 Å². The SMILES string of the molecule is CCCCCOc1ccc(C(=O)NC(=S)NNC(=O)c2ccc(NC(=O)CC)cc2)cc1. The molecule has 0 aliphatic carbocycles. The fourth-order valence-electron chi connectivity index (χ4n) is 2.59. The van der Waals surface area contributed by atoms with E-state index in [2.05, 4.69) is 28.4 Å². The third-order valence-electron chi connectivity index (χ3n) is 4.40. The first-order valence-corrected chi connectivity index (χ1v) is 10.9. The zero-order chi connectivity index (χ0) is 23.3. The Balaban J connectivity index is 1.77. The van der Waals surface area contributed by atoms with Crippen LogP contribution in [0.4, 0.5) is 5.69 Å². The van der Waals surface area contributed by atoms with Crippen LogP contribution >= 0.6 is 12.2 Å². The lowest BCUT2D eigenvalue weighted by Crippen LogP contribution is -2.48. The molecule has 2 aromatic carbocycles. The molecule has 9 heteroatoms. The van der Waals surface area contributed by atoms with Crippen molar-refractivity contribution in [3.8, 4) is 5.75 Å². The van der Waals surface area contributed by atoms with E-state index in [9.17, 15) is 14.4 Å². The molecule has 0 aromatic heterocycles. The van der Waals surface area contributed by atoms with Crippen molar-refractivity contribution in [2.75, 3.05) is 11.9 Å². The highest BCUT2D eigenvalue weighted by molar-refractivity contribution is 7.80. The van der Waals surface area contributed by atoms with Crippen LogP contribution < -0.4 is 26.2 Å². The second kappa shape index (κ2) is 13.1. The van der Waals surface area contributed by atoms with Crippen molar-refractivity contribution in [2.24, 2.45) is 0 Å². The van der Waals surface area contributed by atoms with Crippen molar-refractivity contribution in [2.45, 2.75) is 39.5 Å². The summed E-state index contributed by atoms with van der Waals surface area (Å²) in [6, 6.07) is 13.1. The number of rotatable bonds is 9. The fourth-order valence-corrected chi connectivity index (χ4v) is 2.73. The number of carbonyl (C=O) groups is 3. The Bertz CT molecular complexity index is 930. The minimum Gasteiger partial charge on any atom is -0.494 e. The summed E-state index contributed by atoms with van der Waals surface area (Å²) in [5.41, 5.74) is 6.28. The monoisotopic (exact) mass is 456 g/mol. The number of unbranched alkanes of at least 4 members (excludes halogenated alkanes) is 2. The molecule has 2 rings (SSSR count). The van der Waals surface area contributed by atoms with Crippen molar-refractivity contribution in [3.63, 3.8) is 0 Å². The van der Waals surface area contributed by atoms with Crippen LogP contribution in [0, 0.1) is 0 Å². The first kappa shape index (κ1) is 24.8. The number of anilines is 1. The molecule has 0 atom stereocenters. The fraction of sp³-hybridized carbons (Fsp3) is 0.304. The molecule has 0 unspecified atom stereocenters. The van der Waals surface area contributed by atoms with Crippen LogP contribution in [0.2, 0.25) is 0 Å². The Morgan fingerprint density at radius 2 is 1.47 bits per heavy atom. The van der Waals surface area contributed by atoms with Crippen LogP contribution in [0.15, 0.2) is 48.5 Å². The number of nitrogens with one attached hydrogen (secondary N) is 4. The molecule has 4 N–H and O–H groups in total. The van der Waals surface area contributed by atoms with E-state index < -0.39 is 11.8 Å². The summed E-state index contributed by atoms with van der Waals surface area (Å²) in [6.07, 6.45) is 3.60. The van der Waals surface area contributed by atoms with Crippen molar-refractivity contribution >= 4 is 40.7 Å². The third kappa shape index (κ3) is 8.35. The molecule has 2 aromatic rings. The number of hydrazine groups is 1. The molecular weight excluding hydrogens is 428 g/mol. The van der Waals surface area contributed by atoms with Gasteiger partial charge in [-0.3, -0.25) is 30.6 Å². The van der Waals surface area contributed by atoms with Crippen LogP contribution in [-0.2, 0) is 4.79 Å². The van der Waals surface area contributed by atoms with Crippen molar-refractivity contribution in [3.05, 3.63) is 59.7 Å². The van der Waals surface area contributed by atoms with E-state index in [4.69, 9.17) is 17.0 Å². The van der Waals surface area contributed by atoms with Crippen LogP contribution in [0.25, 0.3) is 0 Å². The van der Waals surface area contributed by atoms with Gasteiger partial charge in [0.25, 0.3) is 11.8 Å². The van der Waals surface area contributed by atoms with Crippen LogP contribution in [0.1, 0.15) is 60.2 Å². The van der Waals surface area contributed by atoms with Crippen LogP contribution in [-0.4, -0.2) is 29.4 Å². The summed E-state index contributed by atoms with van der Waals surface area (Å²) in [5.74, 6) is -0.269. The van der Waals surface area contributed by atoms with E-state index in [-0.39, 0.29) is 11.0 Å². The van der Waals surface area contributed by atoms with Gasteiger partial charge in [-0.05, 0) is 67.2 Å². The van der Waals surface area contributed by atoms with Gasteiger partial charge in [-0.1, -0.05) is 26.7 Å². The van der Waals surface area contributed by atoms with Gasteiger partial charge in [-0.15, -0.1) is 0 Å². The Morgan fingerprint density at radius 1 is 0.844 bits per heavy atom. The second-order valence-corrected chi connectivity index (χ2v) is 7.33. The van der Waals surface area contributed by atoms with Gasteiger partial charge < -0.3 is 10.1 Å². The lowest BCUT2D eigenvalue weighted by Gasteiger charge is -2.11. The Hall–Kier alpha value is -3.46. The lowest BCUT2D eigenvalue weighted by atomic mass is 10.2. The molecule has 0 saturated heterocycles. The standard InChI is InChI=1S/C23H28N4O4S/c1-3-5-6-15-31-19-13-9-16(10-14-19)21(29)25-23(32)27-26-22(30)17-7-11-18(12-8-17)24-20(28)4-2/h7-14H,3-6,15H2,1-2H3,(H,24,28)(H,26,30)(H2,25,27,29,32). The van der Waals surface area contributed by atoms with Gasteiger partial charge in [0.05, 0.1) is 6.61 Å². The highest BCUT2D eigenvalue weighted by atomic mass is 32.1. The van der Waals surface area contributed by atoms with Gasteiger partial charge in [-0.2, -0.15) is 0 Å². The normalized spacial score (nSPS) is 10.1. The Morgan fingerprint density at radius 3 is 2.09 bits per heavy atom. The number of hydrogen-bond donors (Lipinski definition) is 4. The first-order valence-electron chi connectivity index (χ1n) is 10.5. The largest absolute Gasteiger partial charge is 0.494 e. The molecule has 0 aliphatic rings. The molecular formula is C23H28N4O4S. The van der Waals surface area contributed by atoms with Gasteiger partial charge >= 0.3 is 0 Å². The molecule has 8 nitrogen and oxygen atoms in total. The Labute approximate surface area is 193 Å². The van der Waals surface area contributed by atoms with Gasteiger partial charge in [0.1, 0.15) is 5.75 Å². The zero-order valence-corrected chi connectivity index (χ0v) is 19.0. The summed E-state index contributed by atoms with van der Waals surface area (Å²) in [7, 11) is 0. The Kier molecular flexibility index (Phi) is 10.1. The number of thiocarbonyl (C=S) groups is 1. The maximum atomic E-state index is 12.3. The molecule has 170 valence electrons. The summed E-state index contributed by atoms with van der Waals surface area (Å²) in [5, 5.41) is 5.15. The quantitative estimate of drug-likeness (QED) is 0.261. The van der Waals surface area contributed by atoms with Crippen molar-refractivity contribution in [1.82, 2.24) is 16.2 Å².